The zero-order chi connectivity index (χ0) is 19.8. The van der Waals surface area contributed by atoms with Gasteiger partial charge < -0.3 is 41.5 Å². The highest BCUT2D eigenvalue weighted by molar-refractivity contribution is 7.46. The number of aromatic nitrogens is 4. The number of nitrogen functional groups attached to an aromatic ring is 1. The molecule has 0 aromatic carbocycles. The van der Waals surface area contributed by atoms with Gasteiger partial charge in [0.15, 0.2) is 23.2 Å². The highest BCUT2D eigenvalue weighted by Crippen LogP contribution is 2.39. The fourth-order valence-corrected chi connectivity index (χ4v) is 3.07. The molecular formula is C12H20N7O7P. The molecule has 0 aliphatic carbocycles. The molecule has 15 heteroatoms. The quantitative estimate of drug-likeness (QED) is 0.237. The summed E-state index contributed by atoms with van der Waals surface area (Å²) in [4.78, 5) is 29.9. The molecule has 9 N–H and O–H groups in total. The lowest BCUT2D eigenvalue weighted by Crippen LogP contribution is -2.33. The zero-order valence-electron chi connectivity index (χ0n) is 13.9. The van der Waals surface area contributed by atoms with Crippen molar-refractivity contribution in [3.8, 4) is 0 Å². The van der Waals surface area contributed by atoms with Crippen LogP contribution in [0.15, 0.2) is 6.33 Å². The van der Waals surface area contributed by atoms with Gasteiger partial charge in [0.1, 0.15) is 24.6 Å². The summed E-state index contributed by atoms with van der Waals surface area (Å²) < 4.78 is 22.2. The van der Waals surface area contributed by atoms with E-state index in [0.29, 0.717) is 13.1 Å². The Kier molecular flexibility index (Phi) is 5.60. The molecule has 1 aliphatic heterocycles. The van der Waals surface area contributed by atoms with E-state index in [2.05, 4.69) is 24.8 Å². The van der Waals surface area contributed by atoms with Crippen molar-refractivity contribution in [3.63, 3.8) is 0 Å². The fourth-order valence-electron chi connectivity index (χ4n) is 2.73. The monoisotopic (exact) mass is 405 g/mol. The van der Waals surface area contributed by atoms with E-state index in [9.17, 15) is 14.8 Å². The van der Waals surface area contributed by atoms with Crippen LogP contribution in [0.3, 0.4) is 0 Å². The first kappa shape index (κ1) is 19.9. The number of hydrogen-bond acceptors (Lipinski definition) is 11. The Bertz CT molecular complexity index is 858. The predicted octanol–water partition coefficient (Wildman–Crippen LogP) is -2.49. The van der Waals surface area contributed by atoms with Crippen molar-refractivity contribution < 1.29 is 33.8 Å². The first-order valence-electron chi connectivity index (χ1n) is 7.87. The Hall–Kier alpha value is -1.90. The van der Waals surface area contributed by atoms with Crippen LogP contribution in [0.4, 0.5) is 11.8 Å². The molecular weight excluding hydrogens is 385 g/mol. The van der Waals surface area contributed by atoms with Crippen LogP contribution < -0.4 is 16.8 Å². The maximum Gasteiger partial charge on any atom is 0.469 e. The average Bonchev–Trinajstić information content (AvgIpc) is 3.10. The Morgan fingerprint density at radius 1 is 1.33 bits per heavy atom. The second kappa shape index (κ2) is 7.61. The number of phosphoric ester groups is 1. The van der Waals surface area contributed by atoms with Crippen LogP contribution >= 0.6 is 7.82 Å². The molecule has 1 fully saturated rings. The molecule has 27 heavy (non-hydrogen) atoms. The van der Waals surface area contributed by atoms with Gasteiger partial charge in [0, 0.05) is 13.1 Å². The van der Waals surface area contributed by atoms with Crippen molar-refractivity contribution in [2.75, 3.05) is 30.7 Å². The number of nitrogens with one attached hydrogen (secondary N) is 1. The van der Waals surface area contributed by atoms with E-state index >= 15 is 0 Å². The normalized spacial score (nSPS) is 26.0. The smallest absolute Gasteiger partial charge is 0.387 e. The minimum atomic E-state index is -4.77. The Morgan fingerprint density at radius 2 is 2.07 bits per heavy atom. The molecule has 3 rings (SSSR count). The lowest BCUT2D eigenvalue weighted by atomic mass is 10.1. The minimum absolute atomic E-state index is 0.101. The van der Waals surface area contributed by atoms with Crippen molar-refractivity contribution in [3.05, 3.63) is 6.33 Å². The maximum atomic E-state index is 10.9. The molecule has 0 saturated carbocycles. The summed E-state index contributed by atoms with van der Waals surface area (Å²) in [5, 5.41) is 23.5. The summed E-state index contributed by atoms with van der Waals surface area (Å²) >= 11 is 0. The molecule has 2 aromatic heterocycles. The standard InChI is InChI=1S/C12H20N7O7P/c13-1-2-15-12-18-6-9(14)16-4-17-10(6)19(12)11-8(21)7(20)5(26-11)3-25-27(22,23)24/h4-5,7-8,11,20-21H,1-3,13H2,(H,15,18)(H2,14,16,17)(H2,22,23,24)/t5-,7-,8-,11-/m1/s1. The number of aliphatic hydroxyl groups is 2. The van der Waals surface area contributed by atoms with Gasteiger partial charge in [-0.15, -0.1) is 0 Å². The van der Waals surface area contributed by atoms with Crippen molar-refractivity contribution >= 4 is 30.8 Å². The highest BCUT2D eigenvalue weighted by Gasteiger charge is 2.46. The summed E-state index contributed by atoms with van der Waals surface area (Å²) in [5.41, 5.74) is 11.8. The molecule has 0 radical (unpaired) electrons. The van der Waals surface area contributed by atoms with Crippen LogP contribution in [0.5, 0.6) is 0 Å². The van der Waals surface area contributed by atoms with Crippen molar-refractivity contribution in [1.82, 2.24) is 19.5 Å². The molecule has 2 aromatic rings. The van der Waals surface area contributed by atoms with Crippen LogP contribution in [0.25, 0.3) is 11.2 Å². The summed E-state index contributed by atoms with van der Waals surface area (Å²) in [6, 6.07) is 0. The Morgan fingerprint density at radius 3 is 2.74 bits per heavy atom. The second-order valence-corrected chi connectivity index (χ2v) is 7.02. The third-order valence-corrected chi connectivity index (χ3v) is 4.42. The van der Waals surface area contributed by atoms with Crippen LogP contribution in [0.1, 0.15) is 6.23 Å². The van der Waals surface area contributed by atoms with Crippen LogP contribution in [-0.4, -0.2) is 77.5 Å². The van der Waals surface area contributed by atoms with E-state index in [1.165, 1.54) is 10.9 Å². The third kappa shape index (κ3) is 4.02. The van der Waals surface area contributed by atoms with E-state index in [-0.39, 0.29) is 22.9 Å². The summed E-state index contributed by atoms with van der Waals surface area (Å²) in [5.74, 6) is 0.319. The summed E-state index contributed by atoms with van der Waals surface area (Å²) in [6.45, 7) is 0.000901. The van der Waals surface area contributed by atoms with Gasteiger partial charge in [-0.3, -0.25) is 9.09 Å². The number of anilines is 2. The first-order chi connectivity index (χ1) is 12.7. The van der Waals surface area contributed by atoms with E-state index < -0.39 is 39.0 Å². The molecule has 0 bridgehead atoms. The topological polar surface area (TPSA) is 224 Å². The fraction of sp³-hybridized carbons (Fsp3) is 0.583. The molecule has 1 aliphatic rings. The first-order valence-corrected chi connectivity index (χ1v) is 9.40. The lowest BCUT2D eigenvalue weighted by molar-refractivity contribution is -0.0494. The number of aliphatic hydroxyl groups excluding tert-OH is 2. The van der Waals surface area contributed by atoms with Gasteiger partial charge in [0.2, 0.25) is 5.95 Å². The molecule has 14 nitrogen and oxygen atoms in total. The molecule has 0 unspecified atom stereocenters. The van der Waals surface area contributed by atoms with Gasteiger partial charge in [0.25, 0.3) is 0 Å². The summed E-state index contributed by atoms with van der Waals surface area (Å²) in [6.07, 6.45) is -4.10. The minimum Gasteiger partial charge on any atom is -0.387 e. The molecule has 1 saturated heterocycles. The number of rotatable bonds is 7. The van der Waals surface area contributed by atoms with Crippen LogP contribution in [0.2, 0.25) is 0 Å². The largest absolute Gasteiger partial charge is 0.469 e. The number of nitrogens with zero attached hydrogens (tertiary/aromatic N) is 4. The molecule has 0 spiro atoms. The summed E-state index contributed by atoms with van der Waals surface area (Å²) in [7, 11) is -4.77. The maximum absolute atomic E-state index is 10.9. The van der Waals surface area contributed by atoms with Gasteiger partial charge in [-0.1, -0.05) is 0 Å². The Labute approximate surface area is 152 Å². The molecule has 0 amide bonds. The number of imidazole rings is 1. The van der Waals surface area contributed by atoms with Crippen LogP contribution in [0, 0.1) is 0 Å². The van der Waals surface area contributed by atoms with E-state index in [1.54, 1.807) is 0 Å². The van der Waals surface area contributed by atoms with Gasteiger partial charge >= 0.3 is 7.82 Å². The average molecular weight is 405 g/mol. The number of nitrogens with two attached hydrogens (primary N) is 2. The van der Waals surface area contributed by atoms with Gasteiger partial charge in [-0.05, 0) is 0 Å². The van der Waals surface area contributed by atoms with Crippen molar-refractivity contribution in [2.45, 2.75) is 24.5 Å². The highest BCUT2D eigenvalue weighted by atomic mass is 31.2. The van der Waals surface area contributed by atoms with Crippen molar-refractivity contribution in [1.29, 1.82) is 0 Å². The van der Waals surface area contributed by atoms with Gasteiger partial charge in [0.05, 0.1) is 6.61 Å². The van der Waals surface area contributed by atoms with E-state index in [4.69, 9.17) is 26.0 Å². The number of phosphoric acid groups is 1. The van der Waals surface area contributed by atoms with Gasteiger partial charge in [-0.2, -0.15) is 0 Å². The zero-order valence-corrected chi connectivity index (χ0v) is 14.8. The number of hydrogen-bond donors (Lipinski definition) is 7. The SMILES string of the molecule is NCCNc1nc2c(N)ncnc2n1[C@@H]1O[C@H](COP(=O)(O)O)[C@@H](O)[C@H]1O. The van der Waals surface area contributed by atoms with E-state index in [0.717, 1.165) is 0 Å². The number of ether oxygens (including phenoxy) is 1. The van der Waals surface area contributed by atoms with E-state index in [1.807, 2.05) is 0 Å². The molecule has 3 heterocycles. The third-order valence-electron chi connectivity index (χ3n) is 3.93. The Balaban J connectivity index is 1.95. The lowest BCUT2D eigenvalue weighted by Gasteiger charge is -2.19. The second-order valence-electron chi connectivity index (χ2n) is 5.78. The van der Waals surface area contributed by atoms with Crippen molar-refractivity contribution in [2.24, 2.45) is 5.73 Å². The molecule has 150 valence electrons. The predicted molar refractivity (Wildman–Crippen MR) is 91.2 cm³/mol. The van der Waals surface area contributed by atoms with Gasteiger partial charge in [-0.25, -0.2) is 19.5 Å². The molecule has 4 atom stereocenters. The number of fused-ring (bicyclic) bond motifs is 1. The van der Waals surface area contributed by atoms with Crippen LogP contribution in [-0.2, 0) is 13.8 Å².